The number of rotatable bonds is 5. The third-order valence-corrected chi connectivity index (χ3v) is 6.89. The molecule has 0 amide bonds. The molecule has 2 aromatic carbocycles. The van der Waals surface area contributed by atoms with Crippen molar-refractivity contribution in [2.24, 2.45) is 0 Å². The molecule has 0 spiro atoms. The van der Waals surface area contributed by atoms with Crippen molar-refractivity contribution >= 4 is 0 Å². The van der Waals surface area contributed by atoms with Gasteiger partial charge in [0.25, 0.3) is 6.43 Å². The fourth-order valence-electron chi connectivity index (χ4n) is 5.30. The van der Waals surface area contributed by atoms with Crippen molar-refractivity contribution in [2.75, 3.05) is 20.3 Å². The highest BCUT2D eigenvalue weighted by atomic mass is 19.3. The van der Waals surface area contributed by atoms with E-state index < -0.39 is 37.1 Å². The van der Waals surface area contributed by atoms with Crippen molar-refractivity contribution in [2.45, 2.75) is 62.8 Å². The largest absolute Gasteiger partial charge is 0.486 e. The van der Waals surface area contributed by atoms with Gasteiger partial charge in [-0.05, 0) is 65.6 Å². The summed E-state index contributed by atoms with van der Waals surface area (Å²) < 4.78 is 50.8. The number of ether oxygens (including phenoxy) is 4. The Kier molecular flexibility index (Phi) is 6.47. The molecule has 3 aliphatic rings. The zero-order chi connectivity index (χ0) is 24.0. The lowest BCUT2D eigenvalue weighted by atomic mass is 9.85. The molecule has 0 aromatic heterocycles. The van der Waals surface area contributed by atoms with Gasteiger partial charge in [-0.15, -0.1) is 0 Å². The Morgan fingerprint density at radius 1 is 0.971 bits per heavy atom. The Labute approximate surface area is 195 Å². The summed E-state index contributed by atoms with van der Waals surface area (Å²) in [5, 5.41) is 31.3. The molecule has 0 saturated carbocycles. The molecule has 1 fully saturated rings. The van der Waals surface area contributed by atoms with Gasteiger partial charge in [0.05, 0.1) is 0 Å². The Bertz CT molecular complexity index is 1060. The van der Waals surface area contributed by atoms with Crippen LogP contribution < -0.4 is 9.47 Å². The topological polar surface area (TPSA) is 97.6 Å². The van der Waals surface area contributed by atoms with E-state index in [0.29, 0.717) is 66.2 Å². The second kappa shape index (κ2) is 9.39. The molecule has 0 unspecified atom stereocenters. The number of methoxy groups -OCH3 is 1. The number of aliphatic hydroxyl groups excluding tert-OH is 3. The monoisotopic (exact) mass is 478 g/mol. The molecular weight excluding hydrogens is 450 g/mol. The van der Waals surface area contributed by atoms with Gasteiger partial charge in [-0.25, -0.2) is 8.78 Å². The second-order valence-corrected chi connectivity index (χ2v) is 8.94. The summed E-state index contributed by atoms with van der Waals surface area (Å²) in [6.07, 6.45) is -7.22. The molecule has 1 saturated heterocycles. The van der Waals surface area contributed by atoms with E-state index in [1.807, 2.05) is 6.07 Å². The third kappa shape index (κ3) is 4.05. The van der Waals surface area contributed by atoms with Crippen LogP contribution in [0.5, 0.6) is 11.5 Å². The average molecular weight is 478 g/mol. The highest BCUT2D eigenvalue weighted by Crippen LogP contribution is 2.43. The van der Waals surface area contributed by atoms with Gasteiger partial charge < -0.3 is 34.3 Å². The van der Waals surface area contributed by atoms with Crippen LogP contribution in [0.25, 0.3) is 0 Å². The number of alkyl halides is 2. The molecule has 2 aromatic rings. The van der Waals surface area contributed by atoms with Crippen LogP contribution in [-0.2, 0) is 28.7 Å². The highest BCUT2D eigenvalue weighted by molar-refractivity contribution is 5.53. The van der Waals surface area contributed by atoms with E-state index in [2.05, 4.69) is 0 Å². The van der Waals surface area contributed by atoms with Crippen molar-refractivity contribution in [1.82, 2.24) is 0 Å². The van der Waals surface area contributed by atoms with Gasteiger partial charge in [0.15, 0.2) is 17.8 Å². The zero-order valence-electron chi connectivity index (χ0n) is 18.7. The van der Waals surface area contributed by atoms with Gasteiger partial charge in [0.2, 0.25) is 0 Å². The van der Waals surface area contributed by atoms with Gasteiger partial charge in [0, 0.05) is 12.7 Å². The molecule has 184 valence electrons. The van der Waals surface area contributed by atoms with Crippen molar-refractivity contribution in [3.63, 3.8) is 0 Å². The molecule has 1 aliphatic carbocycles. The van der Waals surface area contributed by atoms with E-state index in [-0.39, 0.29) is 12.0 Å². The molecule has 5 atom stereocenters. The molecule has 7 nitrogen and oxygen atoms in total. The highest BCUT2D eigenvalue weighted by Gasteiger charge is 2.46. The Balaban J connectivity index is 1.58. The molecule has 3 N–H and O–H groups in total. The molecule has 5 rings (SSSR count). The lowest BCUT2D eigenvalue weighted by molar-refractivity contribution is -0.292. The van der Waals surface area contributed by atoms with Crippen molar-refractivity contribution in [3.05, 3.63) is 57.6 Å². The van der Waals surface area contributed by atoms with Gasteiger partial charge in [-0.3, -0.25) is 0 Å². The summed E-state index contributed by atoms with van der Waals surface area (Å²) in [7, 11) is 1.33. The maximum atomic E-state index is 14.3. The van der Waals surface area contributed by atoms with Crippen LogP contribution in [0.3, 0.4) is 0 Å². The average Bonchev–Trinajstić information content (AvgIpc) is 3.32. The van der Waals surface area contributed by atoms with E-state index in [1.165, 1.54) is 7.11 Å². The van der Waals surface area contributed by atoms with E-state index >= 15 is 0 Å². The number of hydrogen-bond donors (Lipinski definition) is 3. The van der Waals surface area contributed by atoms with Gasteiger partial charge >= 0.3 is 0 Å². The lowest BCUT2D eigenvalue weighted by Crippen LogP contribution is -2.54. The first-order chi connectivity index (χ1) is 16.4. The quantitative estimate of drug-likeness (QED) is 0.608. The maximum absolute atomic E-state index is 14.3. The standard InChI is InChI=1S/C25H28F2O7/c1-31-25-22(30)20(28)21(29)23(34-25)16-11-13(19(24(26)27)15-4-2-3-14(15)16)9-12-5-6-17-18(10-12)33-8-7-32-17/h5-6,10-11,20-25,28-30H,2-4,7-9H2,1H3/t20-,21-,22+,23+,25+/m1/s1. The zero-order valence-corrected chi connectivity index (χ0v) is 18.7. The van der Waals surface area contributed by atoms with Crippen LogP contribution >= 0.6 is 0 Å². The number of hydrogen-bond acceptors (Lipinski definition) is 7. The van der Waals surface area contributed by atoms with Crippen LogP contribution in [0, 0.1) is 0 Å². The van der Waals surface area contributed by atoms with Crippen LogP contribution in [0.2, 0.25) is 0 Å². The number of benzene rings is 2. The lowest BCUT2D eigenvalue weighted by Gasteiger charge is -2.40. The third-order valence-electron chi connectivity index (χ3n) is 6.89. The molecule has 0 bridgehead atoms. The van der Waals surface area contributed by atoms with E-state index in [1.54, 1.807) is 18.2 Å². The fourth-order valence-corrected chi connectivity index (χ4v) is 5.30. The summed E-state index contributed by atoms with van der Waals surface area (Å²) in [5.41, 5.74) is 3.05. The van der Waals surface area contributed by atoms with Crippen molar-refractivity contribution in [3.8, 4) is 11.5 Å². The van der Waals surface area contributed by atoms with Crippen molar-refractivity contribution in [1.29, 1.82) is 0 Å². The molecular formula is C25H28F2O7. The Morgan fingerprint density at radius 3 is 2.44 bits per heavy atom. The fraction of sp³-hybridized carbons (Fsp3) is 0.520. The van der Waals surface area contributed by atoms with E-state index in [0.717, 1.165) is 5.56 Å². The maximum Gasteiger partial charge on any atom is 0.264 e. The predicted octanol–water partition coefficient (Wildman–Crippen LogP) is 2.60. The van der Waals surface area contributed by atoms with Crippen LogP contribution in [0.1, 0.15) is 52.3 Å². The second-order valence-electron chi connectivity index (χ2n) is 8.94. The molecule has 2 aliphatic heterocycles. The van der Waals surface area contributed by atoms with Crippen LogP contribution in [-0.4, -0.2) is 60.2 Å². The molecule has 2 heterocycles. The van der Waals surface area contributed by atoms with Crippen LogP contribution in [0.15, 0.2) is 24.3 Å². The Hall–Kier alpha value is -2.30. The van der Waals surface area contributed by atoms with Crippen molar-refractivity contribution < 1.29 is 43.0 Å². The molecule has 34 heavy (non-hydrogen) atoms. The number of aliphatic hydroxyl groups is 3. The van der Waals surface area contributed by atoms with E-state index in [4.69, 9.17) is 18.9 Å². The first-order valence-corrected chi connectivity index (χ1v) is 11.5. The minimum absolute atomic E-state index is 0.0142. The van der Waals surface area contributed by atoms with Gasteiger partial charge in [0.1, 0.15) is 37.6 Å². The summed E-state index contributed by atoms with van der Waals surface area (Å²) in [6.45, 7) is 0.885. The molecule has 0 radical (unpaired) electrons. The van der Waals surface area contributed by atoms with Gasteiger partial charge in [-0.2, -0.15) is 0 Å². The number of fused-ring (bicyclic) bond motifs is 2. The first kappa shape index (κ1) is 23.4. The summed E-state index contributed by atoms with van der Waals surface area (Å²) in [6, 6.07) is 7.04. The number of halogens is 2. The van der Waals surface area contributed by atoms with Crippen LogP contribution in [0.4, 0.5) is 8.78 Å². The normalized spacial score (nSPS) is 28.3. The SMILES string of the molecule is CO[C@H]1O[C@@H](c2cc(Cc3ccc4c(c3)OCCO4)c(C(F)F)c3c2CCC3)[C@H](O)[C@@H](O)[C@@H]1O. The van der Waals surface area contributed by atoms with Gasteiger partial charge in [-0.1, -0.05) is 12.1 Å². The minimum atomic E-state index is -2.66. The minimum Gasteiger partial charge on any atom is -0.486 e. The first-order valence-electron chi connectivity index (χ1n) is 11.5. The summed E-state index contributed by atoms with van der Waals surface area (Å²) in [5.74, 6) is 1.20. The summed E-state index contributed by atoms with van der Waals surface area (Å²) in [4.78, 5) is 0. The molecule has 9 heteroatoms. The summed E-state index contributed by atoms with van der Waals surface area (Å²) >= 11 is 0. The predicted molar refractivity (Wildman–Crippen MR) is 116 cm³/mol. The smallest absolute Gasteiger partial charge is 0.264 e. The Morgan fingerprint density at radius 2 is 1.71 bits per heavy atom. The van der Waals surface area contributed by atoms with E-state index in [9.17, 15) is 24.1 Å².